The van der Waals surface area contributed by atoms with Gasteiger partial charge in [0, 0.05) is 25.2 Å². The Hall–Kier alpha value is -0.770. The van der Waals surface area contributed by atoms with Crippen molar-refractivity contribution in [2.75, 3.05) is 13.1 Å². The number of halogens is 2. The van der Waals surface area contributed by atoms with Crippen LogP contribution in [-0.4, -0.2) is 36.0 Å². The van der Waals surface area contributed by atoms with Crippen LogP contribution in [0.4, 0.5) is 0 Å². The molecule has 2 heterocycles. The molecule has 1 amide bonds. The molecular formula is C18H22Cl2N2O. The van der Waals surface area contributed by atoms with Gasteiger partial charge in [-0.1, -0.05) is 35.7 Å². The molecule has 2 unspecified atom stereocenters. The first-order chi connectivity index (χ1) is 11.1. The monoisotopic (exact) mass is 352 g/mol. The van der Waals surface area contributed by atoms with Gasteiger partial charge in [0.2, 0.25) is 5.91 Å². The van der Waals surface area contributed by atoms with Crippen molar-refractivity contribution in [3.05, 3.63) is 33.8 Å². The summed E-state index contributed by atoms with van der Waals surface area (Å²) in [4.78, 5) is 15.4. The zero-order valence-corrected chi connectivity index (χ0v) is 14.7. The normalized spacial score (nSPS) is 29.0. The minimum Gasteiger partial charge on any atom is -0.340 e. The molecule has 0 aromatic heterocycles. The van der Waals surface area contributed by atoms with Gasteiger partial charge in [-0.05, 0) is 49.8 Å². The number of fused-ring (bicyclic) bond motifs is 2. The first-order valence-corrected chi connectivity index (χ1v) is 9.35. The molecule has 3 aliphatic rings. The lowest BCUT2D eigenvalue weighted by Gasteiger charge is -2.44. The van der Waals surface area contributed by atoms with E-state index in [1.54, 1.807) is 0 Å². The predicted octanol–water partition coefficient (Wildman–Crippen LogP) is 3.77. The molecule has 1 aliphatic carbocycles. The van der Waals surface area contributed by atoms with E-state index in [-0.39, 0.29) is 11.3 Å². The highest BCUT2D eigenvalue weighted by Crippen LogP contribution is 2.46. The van der Waals surface area contributed by atoms with Gasteiger partial charge in [-0.2, -0.15) is 0 Å². The van der Waals surface area contributed by atoms with E-state index in [1.165, 1.54) is 12.8 Å². The smallest absolute Gasteiger partial charge is 0.233 e. The summed E-state index contributed by atoms with van der Waals surface area (Å²) in [6.45, 7) is 1.72. The van der Waals surface area contributed by atoms with Crippen molar-refractivity contribution >= 4 is 29.1 Å². The van der Waals surface area contributed by atoms with Gasteiger partial charge in [-0.3, -0.25) is 4.79 Å². The average Bonchev–Trinajstić information content (AvgIpc) is 2.81. The number of hydrogen-bond acceptors (Lipinski definition) is 2. The molecule has 2 atom stereocenters. The number of likely N-dealkylation sites (tertiary alicyclic amines) is 1. The van der Waals surface area contributed by atoms with E-state index in [1.807, 2.05) is 18.2 Å². The van der Waals surface area contributed by atoms with E-state index < -0.39 is 0 Å². The second kappa shape index (κ2) is 5.94. The van der Waals surface area contributed by atoms with Crippen LogP contribution in [0.3, 0.4) is 0 Å². The summed E-state index contributed by atoms with van der Waals surface area (Å²) in [6, 6.07) is 6.76. The maximum absolute atomic E-state index is 13.4. The third-order valence-corrected chi connectivity index (χ3v) is 6.64. The number of benzene rings is 1. The summed E-state index contributed by atoms with van der Waals surface area (Å²) < 4.78 is 0. The standard InChI is InChI=1S/C18H22Cl2N2O/c19-15-5-2-12(10-16(15)20)18(7-1-8-18)17(23)22-9-6-13-3-4-14(11-22)21-13/h2,5,10,13-14,21H,1,3-4,6-9,11H2. The Bertz CT molecular complexity index is 629. The Kier molecular flexibility index (Phi) is 4.07. The molecular weight excluding hydrogens is 331 g/mol. The molecule has 1 aromatic carbocycles. The molecule has 1 aromatic rings. The van der Waals surface area contributed by atoms with Crippen LogP contribution in [0.25, 0.3) is 0 Å². The summed E-state index contributed by atoms with van der Waals surface area (Å²) in [5.41, 5.74) is 0.656. The molecule has 1 N–H and O–H groups in total. The van der Waals surface area contributed by atoms with Crippen LogP contribution >= 0.6 is 23.2 Å². The van der Waals surface area contributed by atoms with E-state index in [9.17, 15) is 4.79 Å². The molecule has 0 radical (unpaired) electrons. The lowest BCUT2D eigenvalue weighted by molar-refractivity contribution is -0.141. The van der Waals surface area contributed by atoms with E-state index >= 15 is 0 Å². The quantitative estimate of drug-likeness (QED) is 0.878. The number of carbonyl (C=O) groups excluding carboxylic acids is 1. The predicted molar refractivity (Wildman–Crippen MR) is 93.1 cm³/mol. The minimum atomic E-state index is -0.377. The number of amides is 1. The molecule has 124 valence electrons. The molecule has 1 saturated carbocycles. The Morgan fingerprint density at radius 1 is 1.13 bits per heavy atom. The SMILES string of the molecule is O=C(N1CCC2CCC(C1)N2)C1(c2ccc(Cl)c(Cl)c2)CCC1. The number of hydrogen-bond donors (Lipinski definition) is 1. The van der Waals surface area contributed by atoms with Crippen LogP contribution in [-0.2, 0) is 10.2 Å². The molecule has 2 saturated heterocycles. The zero-order valence-electron chi connectivity index (χ0n) is 13.2. The molecule has 3 nitrogen and oxygen atoms in total. The maximum atomic E-state index is 13.4. The molecule has 5 heteroatoms. The van der Waals surface area contributed by atoms with E-state index in [4.69, 9.17) is 23.2 Å². The van der Waals surface area contributed by atoms with E-state index in [0.29, 0.717) is 22.1 Å². The Labute approximate surface area is 147 Å². The Morgan fingerprint density at radius 3 is 2.61 bits per heavy atom. The largest absolute Gasteiger partial charge is 0.340 e. The third-order valence-electron chi connectivity index (χ3n) is 5.90. The highest BCUT2D eigenvalue weighted by Gasteiger charge is 2.48. The lowest BCUT2D eigenvalue weighted by Crippen LogP contribution is -2.53. The molecule has 3 fully saturated rings. The summed E-state index contributed by atoms with van der Waals surface area (Å²) in [5.74, 6) is 0.288. The van der Waals surface area contributed by atoms with Gasteiger partial charge in [0.15, 0.2) is 0 Å². The summed E-state index contributed by atoms with van der Waals surface area (Å²) in [6.07, 6.45) is 6.45. The van der Waals surface area contributed by atoms with Gasteiger partial charge in [-0.25, -0.2) is 0 Å². The molecule has 2 bridgehead atoms. The third kappa shape index (κ3) is 2.67. The van der Waals surface area contributed by atoms with Crippen molar-refractivity contribution in [3.8, 4) is 0 Å². The number of nitrogens with zero attached hydrogens (tertiary/aromatic N) is 1. The molecule has 4 rings (SSSR count). The lowest BCUT2D eigenvalue weighted by atomic mass is 9.63. The molecule has 0 spiro atoms. The highest BCUT2D eigenvalue weighted by molar-refractivity contribution is 6.42. The van der Waals surface area contributed by atoms with Crippen molar-refractivity contribution in [2.45, 2.75) is 56.0 Å². The molecule has 23 heavy (non-hydrogen) atoms. The number of carbonyl (C=O) groups is 1. The van der Waals surface area contributed by atoms with Crippen molar-refractivity contribution in [1.82, 2.24) is 10.2 Å². The second-order valence-corrected chi connectivity index (χ2v) is 8.06. The van der Waals surface area contributed by atoms with Crippen LogP contribution in [0.1, 0.15) is 44.1 Å². The van der Waals surface area contributed by atoms with Crippen LogP contribution in [0, 0.1) is 0 Å². The van der Waals surface area contributed by atoms with Crippen LogP contribution < -0.4 is 5.32 Å². The van der Waals surface area contributed by atoms with E-state index in [2.05, 4.69) is 10.2 Å². The zero-order chi connectivity index (χ0) is 16.0. The highest BCUT2D eigenvalue weighted by atomic mass is 35.5. The summed E-state index contributed by atoms with van der Waals surface area (Å²) in [7, 11) is 0. The minimum absolute atomic E-state index is 0.288. The topological polar surface area (TPSA) is 32.3 Å². The van der Waals surface area contributed by atoms with Crippen LogP contribution in [0.15, 0.2) is 18.2 Å². The second-order valence-electron chi connectivity index (χ2n) is 7.24. The van der Waals surface area contributed by atoms with Gasteiger partial charge in [-0.15, -0.1) is 0 Å². The first-order valence-electron chi connectivity index (χ1n) is 8.59. The van der Waals surface area contributed by atoms with Crippen LogP contribution in [0.5, 0.6) is 0 Å². The Morgan fingerprint density at radius 2 is 1.91 bits per heavy atom. The van der Waals surface area contributed by atoms with Crippen molar-refractivity contribution in [3.63, 3.8) is 0 Å². The molecule has 2 aliphatic heterocycles. The fourth-order valence-electron chi connectivity index (χ4n) is 4.38. The van der Waals surface area contributed by atoms with Gasteiger partial charge >= 0.3 is 0 Å². The number of nitrogens with one attached hydrogen (secondary N) is 1. The fraction of sp³-hybridized carbons (Fsp3) is 0.611. The first kappa shape index (κ1) is 15.7. The average molecular weight is 353 g/mol. The van der Waals surface area contributed by atoms with Gasteiger partial charge in [0.25, 0.3) is 0 Å². The van der Waals surface area contributed by atoms with E-state index in [0.717, 1.165) is 44.3 Å². The number of rotatable bonds is 2. The van der Waals surface area contributed by atoms with Crippen LogP contribution in [0.2, 0.25) is 10.0 Å². The van der Waals surface area contributed by atoms with Crippen molar-refractivity contribution in [1.29, 1.82) is 0 Å². The fourth-order valence-corrected chi connectivity index (χ4v) is 4.68. The summed E-state index contributed by atoms with van der Waals surface area (Å²) in [5, 5.41) is 4.74. The maximum Gasteiger partial charge on any atom is 0.233 e. The Balaban J connectivity index is 1.60. The van der Waals surface area contributed by atoms with Crippen molar-refractivity contribution < 1.29 is 4.79 Å². The van der Waals surface area contributed by atoms with Crippen molar-refractivity contribution in [2.24, 2.45) is 0 Å². The van der Waals surface area contributed by atoms with Gasteiger partial charge in [0.05, 0.1) is 15.5 Å². The van der Waals surface area contributed by atoms with Gasteiger partial charge in [0.1, 0.15) is 0 Å². The summed E-state index contributed by atoms with van der Waals surface area (Å²) >= 11 is 12.3. The van der Waals surface area contributed by atoms with Gasteiger partial charge < -0.3 is 10.2 Å².